The number of carbonyl (C=O) groups excluding carboxylic acids is 2. The minimum absolute atomic E-state index is 0.0560. The monoisotopic (exact) mass is 479 g/mol. The predicted molar refractivity (Wildman–Crippen MR) is 128 cm³/mol. The second-order valence-electron chi connectivity index (χ2n) is 7.95. The summed E-state index contributed by atoms with van der Waals surface area (Å²) >= 11 is 0. The lowest BCUT2D eigenvalue weighted by molar-refractivity contribution is 0.0949. The number of amides is 2. The first kappa shape index (κ1) is 23.5. The molecule has 176 valence electrons. The summed E-state index contributed by atoms with van der Waals surface area (Å²) in [7, 11) is -2.36. The van der Waals surface area contributed by atoms with Crippen molar-refractivity contribution in [2.45, 2.75) is 30.3 Å². The molecule has 34 heavy (non-hydrogen) atoms. The highest BCUT2D eigenvalue weighted by Gasteiger charge is 2.24. The zero-order valence-electron chi connectivity index (χ0n) is 18.6. The van der Waals surface area contributed by atoms with Gasteiger partial charge < -0.3 is 15.4 Å². The Labute approximate surface area is 198 Å². The van der Waals surface area contributed by atoms with Crippen LogP contribution in [-0.2, 0) is 16.6 Å². The molecule has 0 saturated heterocycles. The minimum atomic E-state index is -3.77. The van der Waals surface area contributed by atoms with Gasteiger partial charge in [0.1, 0.15) is 10.6 Å². The molecule has 0 atom stereocenters. The quantitative estimate of drug-likeness (QED) is 0.436. The number of carbonyl (C=O) groups is 2. The number of sulfonamides is 1. The summed E-state index contributed by atoms with van der Waals surface area (Å²) < 4.78 is 32.9. The molecule has 0 radical (unpaired) electrons. The fourth-order valence-corrected chi connectivity index (χ4v) is 4.49. The van der Waals surface area contributed by atoms with Crippen LogP contribution < -0.4 is 20.1 Å². The fraction of sp³-hybridized carbons (Fsp3) is 0.200. The Morgan fingerprint density at radius 1 is 0.912 bits per heavy atom. The zero-order valence-corrected chi connectivity index (χ0v) is 19.4. The molecule has 0 heterocycles. The maximum Gasteiger partial charge on any atom is 0.255 e. The third-order valence-corrected chi connectivity index (χ3v) is 6.78. The molecule has 0 spiro atoms. The van der Waals surface area contributed by atoms with Crippen molar-refractivity contribution in [2.75, 3.05) is 12.4 Å². The Morgan fingerprint density at radius 2 is 1.65 bits per heavy atom. The van der Waals surface area contributed by atoms with Crippen molar-refractivity contribution in [3.8, 4) is 5.75 Å². The van der Waals surface area contributed by atoms with E-state index in [1.807, 2.05) is 0 Å². The van der Waals surface area contributed by atoms with Gasteiger partial charge in [-0.2, -0.15) is 0 Å². The number of rotatable bonds is 9. The summed E-state index contributed by atoms with van der Waals surface area (Å²) in [6.07, 6.45) is 2.00. The molecule has 3 aromatic rings. The number of anilines is 1. The van der Waals surface area contributed by atoms with Gasteiger partial charge in [-0.3, -0.25) is 9.59 Å². The van der Waals surface area contributed by atoms with Gasteiger partial charge in [0.05, 0.1) is 7.11 Å². The van der Waals surface area contributed by atoms with Gasteiger partial charge in [0.25, 0.3) is 11.8 Å². The molecule has 4 rings (SSSR count). The second kappa shape index (κ2) is 10.1. The Bertz CT molecular complexity index is 1300. The highest BCUT2D eigenvalue weighted by molar-refractivity contribution is 7.89. The summed E-state index contributed by atoms with van der Waals surface area (Å²) in [5, 5.41) is 5.71. The van der Waals surface area contributed by atoms with Gasteiger partial charge in [-0.15, -0.1) is 0 Å². The number of hydrogen-bond acceptors (Lipinski definition) is 5. The van der Waals surface area contributed by atoms with Crippen LogP contribution in [0.4, 0.5) is 5.69 Å². The van der Waals surface area contributed by atoms with Crippen molar-refractivity contribution in [1.82, 2.24) is 10.0 Å². The second-order valence-corrected chi connectivity index (χ2v) is 9.69. The average Bonchev–Trinajstić information content (AvgIpc) is 3.67. The van der Waals surface area contributed by atoms with E-state index in [1.165, 1.54) is 13.2 Å². The Kier molecular flexibility index (Phi) is 6.95. The first-order valence-electron chi connectivity index (χ1n) is 10.8. The number of methoxy groups -OCH3 is 1. The van der Waals surface area contributed by atoms with Gasteiger partial charge in [-0.1, -0.05) is 30.3 Å². The fourth-order valence-electron chi connectivity index (χ4n) is 3.31. The molecule has 0 aliphatic heterocycles. The van der Waals surface area contributed by atoms with Crippen LogP contribution in [0.25, 0.3) is 0 Å². The van der Waals surface area contributed by atoms with Crippen LogP contribution in [0.2, 0.25) is 0 Å². The van der Waals surface area contributed by atoms with E-state index in [0.717, 1.165) is 12.8 Å². The lowest BCUT2D eigenvalue weighted by Crippen LogP contribution is -2.25. The van der Waals surface area contributed by atoms with Crippen LogP contribution >= 0.6 is 0 Å². The van der Waals surface area contributed by atoms with Gasteiger partial charge >= 0.3 is 0 Å². The van der Waals surface area contributed by atoms with Crippen LogP contribution in [-0.4, -0.2) is 33.4 Å². The molecule has 0 bridgehead atoms. The molecular weight excluding hydrogens is 454 g/mol. The van der Waals surface area contributed by atoms with E-state index >= 15 is 0 Å². The Hall–Kier alpha value is -3.69. The lowest BCUT2D eigenvalue weighted by atomic mass is 10.1. The molecule has 3 aromatic carbocycles. The molecule has 2 amide bonds. The normalized spacial score (nSPS) is 13.2. The van der Waals surface area contributed by atoms with Gasteiger partial charge in [0, 0.05) is 29.4 Å². The average molecular weight is 480 g/mol. The summed E-state index contributed by atoms with van der Waals surface area (Å²) in [6.45, 7) is 0.0560. The van der Waals surface area contributed by atoms with Crippen LogP contribution in [0.15, 0.2) is 77.7 Å². The molecule has 1 fully saturated rings. The van der Waals surface area contributed by atoms with E-state index in [2.05, 4.69) is 15.4 Å². The van der Waals surface area contributed by atoms with Crippen molar-refractivity contribution in [2.24, 2.45) is 0 Å². The molecule has 1 saturated carbocycles. The topological polar surface area (TPSA) is 114 Å². The van der Waals surface area contributed by atoms with Crippen LogP contribution in [0.3, 0.4) is 0 Å². The molecule has 1 aliphatic rings. The molecule has 9 heteroatoms. The third-order valence-electron chi connectivity index (χ3n) is 5.34. The lowest BCUT2D eigenvalue weighted by Gasteiger charge is -2.11. The summed E-state index contributed by atoms with van der Waals surface area (Å²) in [4.78, 5) is 24.9. The van der Waals surface area contributed by atoms with Gasteiger partial charge in [-0.05, 0) is 60.9 Å². The van der Waals surface area contributed by atoms with Gasteiger partial charge in [0.2, 0.25) is 10.0 Å². The number of ether oxygens (including phenoxy) is 1. The van der Waals surface area contributed by atoms with Crippen LogP contribution in [0, 0.1) is 0 Å². The van der Waals surface area contributed by atoms with E-state index in [0.29, 0.717) is 22.4 Å². The largest absolute Gasteiger partial charge is 0.495 e. The van der Waals surface area contributed by atoms with Gasteiger partial charge in [0.15, 0.2) is 0 Å². The summed E-state index contributed by atoms with van der Waals surface area (Å²) in [6, 6.07) is 20.0. The number of benzene rings is 3. The van der Waals surface area contributed by atoms with Crippen LogP contribution in [0.1, 0.15) is 39.1 Å². The van der Waals surface area contributed by atoms with Crippen molar-refractivity contribution in [3.63, 3.8) is 0 Å². The number of para-hydroxylation sites is 1. The first-order chi connectivity index (χ1) is 16.4. The number of nitrogens with one attached hydrogen (secondary N) is 3. The standard InChI is InChI=1S/C25H25N3O5S/c1-33-22-7-2-3-8-23(22)34(31,32)26-16-17-9-11-18(12-10-17)24(29)28-21-6-4-5-19(15-21)25(30)27-20-13-14-20/h2-12,15,20,26H,13-14,16H2,1H3,(H,27,30)(H,28,29). The minimum Gasteiger partial charge on any atom is -0.495 e. The van der Waals surface area contributed by atoms with E-state index in [4.69, 9.17) is 4.74 Å². The molecular formula is C25H25N3O5S. The predicted octanol–water partition coefficient (Wildman–Crippen LogP) is 3.32. The van der Waals surface area contributed by atoms with Crippen molar-refractivity contribution in [1.29, 1.82) is 0 Å². The van der Waals surface area contributed by atoms with Crippen molar-refractivity contribution in [3.05, 3.63) is 89.5 Å². The van der Waals surface area contributed by atoms with E-state index in [9.17, 15) is 18.0 Å². The highest BCUT2D eigenvalue weighted by Crippen LogP contribution is 2.23. The van der Waals surface area contributed by atoms with Crippen LogP contribution in [0.5, 0.6) is 5.75 Å². The maximum atomic E-state index is 12.6. The summed E-state index contributed by atoms with van der Waals surface area (Å²) in [5.74, 6) is -0.226. The zero-order chi connectivity index (χ0) is 24.1. The smallest absolute Gasteiger partial charge is 0.255 e. The number of hydrogen-bond donors (Lipinski definition) is 3. The van der Waals surface area contributed by atoms with Crippen molar-refractivity contribution < 1.29 is 22.7 Å². The molecule has 0 aromatic heterocycles. The van der Waals surface area contributed by atoms with Crippen molar-refractivity contribution >= 4 is 27.5 Å². The molecule has 1 aliphatic carbocycles. The third kappa shape index (κ3) is 5.81. The first-order valence-corrected chi connectivity index (χ1v) is 12.3. The van der Waals surface area contributed by atoms with E-state index in [-0.39, 0.29) is 35.0 Å². The molecule has 0 unspecified atom stereocenters. The molecule has 3 N–H and O–H groups in total. The molecule has 8 nitrogen and oxygen atoms in total. The maximum absolute atomic E-state index is 12.6. The highest BCUT2D eigenvalue weighted by atomic mass is 32.2. The Balaban J connectivity index is 1.37. The van der Waals surface area contributed by atoms with Gasteiger partial charge in [-0.25, -0.2) is 13.1 Å². The Morgan fingerprint density at radius 3 is 2.35 bits per heavy atom. The van der Waals surface area contributed by atoms with E-state index < -0.39 is 10.0 Å². The summed E-state index contributed by atoms with van der Waals surface area (Å²) in [5.41, 5.74) is 2.10. The SMILES string of the molecule is COc1ccccc1S(=O)(=O)NCc1ccc(C(=O)Nc2cccc(C(=O)NC3CC3)c2)cc1. The van der Waals surface area contributed by atoms with E-state index in [1.54, 1.807) is 66.7 Å².